The fraction of sp³-hybridized carbons (Fsp3) is 0.286. The number of carboxylic acid groups (broad SMARTS) is 1. The fourth-order valence-electron chi connectivity index (χ4n) is 3.69. The second kappa shape index (κ2) is 13.0. The lowest BCUT2D eigenvalue weighted by atomic mass is 9.91. The van der Waals surface area contributed by atoms with Crippen LogP contribution in [0.1, 0.15) is 48.8 Å². The van der Waals surface area contributed by atoms with Crippen LogP contribution in [0.5, 0.6) is 11.5 Å². The van der Waals surface area contributed by atoms with Crippen LogP contribution in [0.4, 0.5) is 0 Å². The molecule has 0 radical (unpaired) electrons. The summed E-state index contributed by atoms with van der Waals surface area (Å²) in [5, 5.41) is 13.2. The van der Waals surface area contributed by atoms with Gasteiger partial charge in [-0.3, -0.25) is 4.79 Å². The molecule has 0 aliphatic carbocycles. The van der Waals surface area contributed by atoms with E-state index in [0.29, 0.717) is 18.9 Å². The molecule has 0 saturated carbocycles. The molecule has 1 N–H and O–H groups in total. The maximum absolute atomic E-state index is 11.1. The van der Waals surface area contributed by atoms with Crippen LogP contribution in [0.3, 0.4) is 0 Å². The highest BCUT2D eigenvalue weighted by molar-refractivity contribution is 6.01. The minimum absolute atomic E-state index is 0.0282. The molecule has 6 heteroatoms. The fourth-order valence-corrected chi connectivity index (χ4v) is 3.69. The molecule has 0 amide bonds. The molecule has 0 fully saturated rings. The molecule has 1 unspecified atom stereocenters. The summed E-state index contributed by atoms with van der Waals surface area (Å²) in [6.07, 6.45) is 1.94. The molecule has 0 heterocycles. The lowest BCUT2D eigenvalue weighted by molar-refractivity contribution is -0.137. The SMILES string of the molecule is CCCC(CC(=O)O)c1ccc(OCc2ccc(OC/C(=N\OC)c3ccccc3)cc2)cc1. The Morgan fingerprint density at radius 2 is 1.56 bits per heavy atom. The number of oxime groups is 1. The van der Waals surface area contributed by atoms with Crippen molar-refractivity contribution in [1.82, 2.24) is 0 Å². The van der Waals surface area contributed by atoms with Gasteiger partial charge in [0, 0.05) is 5.56 Å². The zero-order valence-corrected chi connectivity index (χ0v) is 19.6. The third kappa shape index (κ3) is 7.66. The molecule has 6 nitrogen and oxygen atoms in total. The number of benzene rings is 3. The van der Waals surface area contributed by atoms with Crippen molar-refractivity contribution in [2.75, 3.05) is 13.7 Å². The highest BCUT2D eigenvalue weighted by Crippen LogP contribution is 2.27. The normalized spacial score (nSPS) is 12.1. The Morgan fingerprint density at radius 1 is 0.912 bits per heavy atom. The predicted molar refractivity (Wildman–Crippen MR) is 133 cm³/mol. The summed E-state index contributed by atoms with van der Waals surface area (Å²) in [7, 11) is 1.52. The molecule has 0 aliphatic rings. The number of hydrogen-bond donors (Lipinski definition) is 1. The van der Waals surface area contributed by atoms with Gasteiger partial charge in [-0.05, 0) is 47.7 Å². The van der Waals surface area contributed by atoms with E-state index in [1.165, 1.54) is 7.11 Å². The number of ether oxygens (including phenoxy) is 2. The monoisotopic (exact) mass is 461 g/mol. The van der Waals surface area contributed by atoms with Gasteiger partial charge < -0.3 is 19.4 Å². The number of hydrogen-bond acceptors (Lipinski definition) is 5. The number of nitrogens with zero attached hydrogens (tertiary/aromatic N) is 1. The molecule has 1 atom stereocenters. The van der Waals surface area contributed by atoms with Crippen molar-refractivity contribution in [2.24, 2.45) is 5.16 Å². The van der Waals surface area contributed by atoms with Gasteiger partial charge in [0.25, 0.3) is 0 Å². The van der Waals surface area contributed by atoms with E-state index in [1.807, 2.05) is 78.9 Å². The first-order valence-electron chi connectivity index (χ1n) is 11.4. The van der Waals surface area contributed by atoms with Crippen molar-refractivity contribution in [1.29, 1.82) is 0 Å². The maximum Gasteiger partial charge on any atom is 0.303 e. The van der Waals surface area contributed by atoms with Crippen molar-refractivity contribution in [3.05, 3.63) is 95.6 Å². The Hall–Kier alpha value is -3.80. The summed E-state index contributed by atoms with van der Waals surface area (Å²) in [5.74, 6) is 0.736. The molecule has 34 heavy (non-hydrogen) atoms. The second-order valence-electron chi connectivity index (χ2n) is 7.96. The maximum atomic E-state index is 11.1. The molecule has 0 spiro atoms. The first-order valence-corrected chi connectivity index (χ1v) is 11.4. The topological polar surface area (TPSA) is 77.4 Å². The molecule has 3 aromatic carbocycles. The van der Waals surface area contributed by atoms with E-state index < -0.39 is 5.97 Å². The first kappa shape index (κ1) is 24.8. The largest absolute Gasteiger partial charge is 0.489 e. The second-order valence-corrected chi connectivity index (χ2v) is 7.96. The van der Waals surface area contributed by atoms with E-state index in [4.69, 9.17) is 19.4 Å². The van der Waals surface area contributed by atoms with Gasteiger partial charge in [0.15, 0.2) is 0 Å². The molecule has 3 rings (SSSR count). The molecular formula is C28H31NO5. The van der Waals surface area contributed by atoms with Crippen molar-refractivity contribution in [2.45, 2.75) is 38.7 Å². The Labute approximate surface area is 200 Å². The zero-order chi connectivity index (χ0) is 24.2. The van der Waals surface area contributed by atoms with Gasteiger partial charge in [0.1, 0.15) is 37.5 Å². The highest BCUT2D eigenvalue weighted by Gasteiger charge is 2.14. The third-order valence-corrected chi connectivity index (χ3v) is 5.42. The van der Waals surface area contributed by atoms with Crippen LogP contribution < -0.4 is 9.47 Å². The van der Waals surface area contributed by atoms with Crippen LogP contribution in [0.15, 0.2) is 84.0 Å². The van der Waals surface area contributed by atoms with Gasteiger partial charge in [-0.25, -0.2) is 0 Å². The van der Waals surface area contributed by atoms with Crippen LogP contribution in [-0.2, 0) is 16.2 Å². The molecule has 0 aromatic heterocycles. The van der Waals surface area contributed by atoms with Gasteiger partial charge >= 0.3 is 5.97 Å². The van der Waals surface area contributed by atoms with Crippen molar-refractivity contribution in [3.8, 4) is 11.5 Å². The van der Waals surface area contributed by atoms with E-state index in [2.05, 4.69) is 12.1 Å². The van der Waals surface area contributed by atoms with Crippen molar-refractivity contribution in [3.63, 3.8) is 0 Å². The number of rotatable bonds is 13. The number of aliphatic carboxylic acids is 1. The summed E-state index contributed by atoms with van der Waals surface area (Å²) in [5.41, 5.74) is 3.71. The molecule has 3 aromatic rings. The van der Waals surface area contributed by atoms with Crippen LogP contribution >= 0.6 is 0 Å². The lowest BCUT2D eigenvalue weighted by Crippen LogP contribution is -2.13. The summed E-state index contributed by atoms with van der Waals surface area (Å²) in [6.45, 7) is 2.78. The lowest BCUT2D eigenvalue weighted by Gasteiger charge is -2.15. The molecular weight excluding hydrogens is 430 g/mol. The van der Waals surface area contributed by atoms with Crippen molar-refractivity contribution >= 4 is 11.7 Å². The van der Waals surface area contributed by atoms with Crippen LogP contribution in [0.25, 0.3) is 0 Å². The third-order valence-electron chi connectivity index (χ3n) is 5.42. The average Bonchev–Trinajstić information content (AvgIpc) is 2.86. The summed E-state index contributed by atoms with van der Waals surface area (Å²) >= 11 is 0. The summed E-state index contributed by atoms with van der Waals surface area (Å²) in [4.78, 5) is 16.1. The number of carbonyl (C=O) groups is 1. The van der Waals surface area contributed by atoms with E-state index >= 15 is 0 Å². The van der Waals surface area contributed by atoms with Gasteiger partial charge in [0.05, 0.1) is 6.42 Å². The molecule has 0 bridgehead atoms. The zero-order valence-electron chi connectivity index (χ0n) is 19.6. The van der Waals surface area contributed by atoms with Crippen LogP contribution in [0.2, 0.25) is 0 Å². The van der Waals surface area contributed by atoms with Gasteiger partial charge in [-0.15, -0.1) is 0 Å². The predicted octanol–water partition coefficient (Wildman–Crippen LogP) is 6.05. The van der Waals surface area contributed by atoms with Crippen LogP contribution in [-0.4, -0.2) is 30.5 Å². The summed E-state index contributed by atoms with van der Waals surface area (Å²) in [6, 6.07) is 25.2. The van der Waals surface area contributed by atoms with Gasteiger partial charge in [0.2, 0.25) is 0 Å². The van der Waals surface area contributed by atoms with E-state index in [1.54, 1.807) is 0 Å². The minimum atomic E-state index is -0.770. The summed E-state index contributed by atoms with van der Waals surface area (Å²) < 4.78 is 11.8. The van der Waals surface area contributed by atoms with Gasteiger partial charge in [-0.1, -0.05) is 73.1 Å². The van der Waals surface area contributed by atoms with Crippen LogP contribution in [0, 0.1) is 0 Å². The number of carboxylic acids is 1. The minimum Gasteiger partial charge on any atom is -0.489 e. The quantitative estimate of drug-likeness (QED) is 0.248. The Kier molecular flexibility index (Phi) is 9.52. The van der Waals surface area contributed by atoms with E-state index in [-0.39, 0.29) is 12.3 Å². The highest BCUT2D eigenvalue weighted by atomic mass is 16.6. The van der Waals surface area contributed by atoms with E-state index in [9.17, 15) is 4.79 Å². The Balaban J connectivity index is 1.52. The first-order chi connectivity index (χ1) is 16.6. The van der Waals surface area contributed by atoms with Gasteiger partial charge in [-0.2, -0.15) is 0 Å². The molecule has 0 saturated heterocycles. The van der Waals surface area contributed by atoms with E-state index in [0.717, 1.165) is 41.0 Å². The molecule has 0 aliphatic heterocycles. The Morgan fingerprint density at radius 3 is 2.18 bits per heavy atom. The van der Waals surface area contributed by atoms with Crippen molar-refractivity contribution < 1.29 is 24.2 Å². The molecule has 178 valence electrons. The standard InChI is InChI=1S/C28H31NO5/c1-3-7-24(18-28(30)31)22-12-16-26(17-13-22)33-19-21-10-14-25(15-11-21)34-20-27(29-32-2)23-8-5-4-6-9-23/h4-6,8-17,24H,3,7,18-20H2,1-2H3,(H,30,31)/b29-27+. The Bertz CT molecular complexity index is 1050. The smallest absolute Gasteiger partial charge is 0.303 e. The average molecular weight is 462 g/mol.